The molecule has 4 heteroatoms. The first kappa shape index (κ1) is 15.9. The van der Waals surface area contributed by atoms with Crippen molar-refractivity contribution in [2.45, 2.75) is 26.9 Å². The van der Waals surface area contributed by atoms with Gasteiger partial charge in [0.2, 0.25) is 0 Å². The highest BCUT2D eigenvalue weighted by molar-refractivity contribution is 5.94. The highest BCUT2D eigenvalue weighted by Crippen LogP contribution is 2.21. The third-order valence-corrected chi connectivity index (χ3v) is 3.59. The van der Waals surface area contributed by atoms with Crippen molar-refractivity contribution >= 4 is 11.6 Å². The monoisotopic (exact) mass is 299 g/mol. The van der Waals surface area contributed by atoms with Crippen molar-refractivity contribution in [2.24, 2.45) is 0 Å². The Kier molecular flexibility index (Phi) is 5.04. The summed E-state index contributed by atoms with van der Waals surface area (Å²) >= 11 is 0. The van der Waals surface area contributed by atoms with Crippen LogP contribution >= 0.6 is 0 Å². The van der Waals surface area contributed by atoms with Crippen molar-refractivity contribution in [3.8, 4) is 11.5 Å². The van der Waals surface area contributed by atoms with Crippen LogP contribution in [-0.4, -0.2) is 19.1 Å². The maximum Gasteiger partial charge on any atom is 0.265 e. The number of benzene rings is 2. The van der Waals surface area contributed by atoms with Gasteiger partial charge in [0.1, 0.15) is 11.5 Å². The van der Waals surface area contributed by atoms with E-state index in [0.29, 0.717) is 11.5 Å². The summed E-state index contributed by atoms with van der Waals surface area (Å²) in [6, 6.07) is 13.0. The molecule has 0 spiro atoms. The van der Waals surface area contributed by atoms with Crippen LogP contribution in [0.1, 0.15) is 18.1 Å². The number of ether oxygens (including phenoxy) is 2. The summed E-state index contributed by atoms with van der Waals surface area (Å²) in [6.45, 7) is 5.72. The summed E-state index contributed by atoms with van der Waals surface area (Å²) in [4.78, 5) is 12.3. The first-order valence-electron chi connectivity index (χ1n) is 7.19. The lowest BCUT2D eigenvalue weighted by atomic mass is 10.1. The van der Waals surface area contributed by atoms with Crippen molar-refractivity contribution in [1.29, 1.82) is 0 Å². The maximum absolute atomic E-state index is 12.3. The lowest BCUT2D eigenvalue weighted by Gasteiger charge is -2.16. The highest BCUT2D eigenvalue weighted by atomic mass is 16.5. The Morgan fingerprint density at radius 3 is 2.50 bits per heavy atom. The topological polar surface area (TPSA) is 47.6 Å². The number of methoxy groups -OCH3 is 1. The molecule has 116 valence electrons. The summed E-state index contributed by atoms with van der Waals surface area (Å²) in [6.07, 6.45) is -0.605. The van der Waals surface area contributed by atoms with Crippen LogP contribution in [0.2, 0.25) is 0 Å². The normalized spacial score (nSPS) is 11.6. The molecular weight excluding hydrogens is 278 g/mol. The van der Waals surface area contributed by atoms with E-state index in [1.807, 2.05) is 44.2 Å². The molecule has 2 aromatic carbocycles. The zero-order chi connectivity index (χ0) is 16.1. The summed E-state index contributed by atoms with van der Waals surface area (Å²) in [5, 5.41) is 2.90. The van der Waals surface area contributed by atoms with Crippen molar-refractivity contribution in [1.82, 2.24) is 0 Å². The van der Waals surface area contributed by atoms with Gasteiger partial charge in [0, 0.05) is 11.8 Å². The van der Waals surface area contributed by atoms with E-state index >= 15 is 0 Å². The van der Waals surface area contributed by atoms with Crippen LogP contribution in [-0.2, 0) is 4.79 Å². The van der Waals surface area contributed by atoms with Gasteiger partial charge in [-0.15, -0.1) is 0 Å². The molecule has 0 saturated carbocycles. The van der Waals surface area contributed by atoms with E-state index in [4.69, 9.17) is 9.47 Å². The fourth-order valence-corrected chi connectivity index (χ4v) is 2.05. The number of carbonyl (C=O) groups is 1. The Balaban J connectivity index is 2.04. The molecule has 1 N–H and O–H groups in total. The smallest absolute Gasteiger partial charge is 0.265 e. The predicted octanol–water partition coefficient (Wildman–Crippen LogP) is 3.72. The summed E-state index contributed by atoms with van der Waals surface area (Å²) < 4.78 is 10.8. The molecule has 2 rings (SSSR count). The Bertz CT molecular complexity index is 667. The minimum atomic E-state index is -0.605. The van der Waals surface area contributed by atoms with Crippen LogP contribution in [0.15, 0.2) is 42.5 Å². The van der Waals surface area contributed by atoms with Gasteiger partial charge in [0.25, 0.3) is 5.91 Å². The van der Waals surface area contributed by atoms with Gasteiger partial charge in [-0.3, -0.25) is 4.79 Å². The van der Waals surface area contributed by atoms with Gasteiger partial charge >= 0.3 is 0 Å². The van der Waals surface area contributed by atoms with Gasteiger partial charge in [-0.25, -0.2) is 0 Å². The van der Waals surface area contributed by atoms with Gasteiger partial charge in [-0.2, -0.15) is 0 Å². The van der Waals surface area contributed by atoms with Crippen molar-refractivity contribution in [2.75, 3.05) is 12.4 Å². The second-order valence-electron chi connectivity index (χ2n) is 5.18. The number of anilines is 1. The number of aryl methyl sites for hydroxylation is 1. The second-order valence-corrected chi connectivity index (χ2v) is 5.18. The molecular formula is C18H21NO3. The van der Waals surface area contributed by atoms with E-state index in [2.05, 4.69) is 5.32 Å². The minimum absolute atomic E-state index is 0.184. The molecule has 0 aliphatic rings. The van der Waals surface area contributed by atoms with Crippen LogP contribution in [0.25, 0.3) is 0 Å². The number of hydrogen-bond donors (Lipinski definition) is 1. The number of carbonyl (C=O) groups excluding carboxylic acids is 1. The van der Waals surface area contributed by atoms with Crippen LogP contribution < -0.4 is 14.8 Å². The second kappa shape index (κ2) is 6.98. The van der Waals surface area contributed by atoms with Crippen LogP contribution in [0.5, 0.6) is 11.5 Å². The molecule has 1 atom stereocenters. The van der Waals surface area contributed by atoms with Gasteiger partial charge in [-0.1, -0.05) is 18.2 Å². The zero-order valence-corrected chi connectivity index (χ0v) is 13.3. The van der Waals surface area contributed by atoms with E-state index in [-0.39, 0.29) is 5.91 Å². The third-order valence-electron chi connectivity index (χ3n) is 3.59. The third kappa shape index (κ3) is 3.79. The number of nitrogens with one attached hydrogen (secondary N) is 1. The molecule has 0 unspecified atom stereocenters. The molecule has 2 aromatic rings. The van der Waals surface area contributed by atoms with Crippen LogP contribution in [0.4, 0.5) is 5.69 Å². The molecule has 0 radical (unpaired) electrons. The lowest BCUT2D eigenvalue weighted by Crippen LogP contribution is -2.30. The number of amides is 1. The maximum atomic E-state index is 12.3. The van der Waals surface area contributed by atoms with Crippen LogP contribution in [0.3, 0.4) is 0 Å². The Morgan fingerprint density at radius 2 is 1.77 bits per heavy atom. The molecule has 0 aliphatic carbocycles. The molecule has 0 aliphatic heterocycles. The zero-order valence-electron chi connectivity index (χ0n) is 13.3. The van der Waals surface area contributed by atoms with Gasteiger partial charge in [0.15, 0.2) is 6.10 Å². The van der Waals surface area contributed by atoms with Crippen molar-refractivity contribution in [3.05, 3.63) is 53.6 Å². The predicted molar refractivity (Wildman–Crippen MR) is 87.6 cm³/mol. The minimum Gasteiger partial charge on any atom is -0.497 e. The molecule has 22 heavy (non-hydrogen) atoms. The first-order valence-corrected chi connectivity index (χ1v) is 7.19. The standard InChI is InChI=1S/C18H21NO3/c1-12-7-5-10-17(13(12)2)19-18(20)14(3)22-16-9-6-8-15(11-16)21-4/h5-11,14H,1-4H3,(H,19,20)/t14-/m0/s1. The Morgan fingerprint density at radius 1 is 1.09 bits per heavy atom. The summed E-state index contributed by atoms with van der Waals surface area (Å²) in [5.41, 5.74) is 3.01. The van der Waals surface area contributed by atoms with E-state index < -0.39 is 6.10 Å². The Labute approximate surface area is 131 Å². The van der Waals surface area contributed by atoms with E-state index in [0.717, 1.165) is 16.8 Å². The van der Waals surface area contributed by atoms with Gasteiger partial charge < -0.3 is 14.8 Å². The largest absolute Gasteiger partial charge is 0.497 e. The Hall–Kier alpha value is -2.49. The summed E-state index contributed by atoms with van der Waals surface area (Å²) in [5.74, 6) is 1.11. The SMILES string of the molecule is COc1cccc(O[C@@H](C)C(=O)Nc2cccc(C)c2C)c1. The molecule has 0 heterocycles. The lowest BCUT2D eigenvalue weighted by molar-refractivity contribution is -0.122. The molecule has 0 bridgehead atoms. The van der Waals surface area contributed by atoms with Crippen molar-refractivity contribution < 1.29 is 14.3 Å². The number of hydrogen-bond acceptors (Lipinski definition) is 3. The molecule has 4 nitrogen and oxygen atoms in total. The van der Waals surface area contributed by atoms with E-state index in [9.17, 15) is 4.79 Å². The molecule has 0 fully saturated rings. The number of rotatable bonds is 5. The summed E-state index contributed by atoms with van der Waals surface area (Å²) in [7, 11) is 1.59. The first-order chi connectivity index (χ1) is 10.5. The quantitative estimate of drug-likeness (QED) is 0.915. The van der Waals surface area contributed by atoms with E-state index in [1.165, 1.54) is 0 Å². The highest BCUT2D eigenvalue weighted by Gasteiger charge is 2.16. The van der Waals surface area contributed by atoms with Crippen LogP contribution in [0, 0.1) is 13.8 Å². The van der Waals surface area contributed by atoms with E-state index in [1.54, 1.807) is 26.2 Å². The molecule has 0 aromatic heterocycles. The fraction of sp³-hybridized carbons (Fsp3) is 0.278. The van der Waals surface area contributed by atoms with Crippen molar-refractivity contribution in [3.63, 3.8) is 0 Å². The van der Waals surface area contributed by atoms with Gasteiger partial charge in [-0.05, 0) is 50.1 Å². The molecule has 1 amide bonds. The fourth-order valence-electron chi connectivity index (χ4n) is 2.05. The van der Waals surface area contributed by atoms with Gasteiger partial charge in [0.05, 0.1) is 7.11 Å². The average Bonchev–Trinajstić information content (AvgIpc) is 2.52. The average molecular weight is 299 g/mol. The molecule has 0 saturated heterocycles.